The molecule has 0 fully saturated rings. The molecule has 0 unspecified atom stereocenters. The van der Waals surface area contributed by atoms with Gasteiger partial charge in [-0.25, -0.2) is 4.68 Å². The van der Waals surface area contributed by atoms with E-state index in [1.54, 1.807) is 24.3 Å². The first-order chi connectivity index (χ1) is 12.6. The van der Waals surface area contributed by atoms with Gasteiger partial charge in [-0.1, -0.05) is 95.7 Å². The van der Waals surface area contributed by atoms with Crippen LogP contribution < -0.4 is 5.56 Å². The molecule has 1 aromatic heterocycles. The first-order valence-corrected chi connectivity index (χ1v) is 10.5. The first kappa shape index (κ1) is 22.6. The van der Waals surface area contributed by atoms with Crippen molar-refractivity contribution in [3.8, 4) is 5.69 Å². The molecule has 1 N–H and O–H groups in total. The number of aromatic nitrogens is 2. The van der Waals surface area contributed by atoms with Gasteiger partial charge in [0, 0.05) is 16.8 Å². The lowest BCUT2D eigenvalue weighted by molar-refractivity contribution is 0.562. The zero-order valence-electron chi connectivity index (χ0n) is 16.7. The van der Waals surface area contributed by atoms with Crippen LogP contribution in [0.1, 0.15) is 83.7 Å². The molecule has 3 nitrogen and oxygen atoms in total. The Bertz CT molecular complexity index is 650. The van der Waals surface area contributed by atoms with Crippen molar-refractivity contribution in [1.82, 2.24) is 9.78 Å². The largest absolute Gasteiger partial charge is 0.295 e. The number of aromatic amines is 1. The van der Waals surface area contributed by atoms with Crippen LogP contribution in [0, 0.1) is 6.92 Å². The number of unbranched alkanes of at least 4 members (excludes halogenated alkanes) is 9. The minimum absolute atomic E-state index is 0.0789. The van der Waals surface area contributed by atoms with E-state index in [9.17, 15) is 4.79 Å². The van der Waals surface area contributed by atoms with E-state index < -0.39 is 0 Å². The predicted molar refractivity (Wildman–Crippen MR) is 114 cm³/mol. The first-order valence-electron chi connectivity index (χ1n) is 10.1. The Hall–Kier alpha value is -1.48. The summed E-state index contributed by atoms with van der Waals surface area (Å²) < 4.78 is 1.46. The van der Waals surface area contributed by atoms with Crippen LogP contribution in [0.4, 0.5) is 0 Å². The van der Waals surface area contributed by atoms with E-state index in [-0.39, 0.29) is 5.56 Å². The molecule has 0 saturated heterocycles. The molecule has 2 rings (SSSR count). The van der Waals surface area contributed by atoms with Crippen molar-refractivity contribution in [2.45, 2.75) is 85.0 Å². The van der Waals surface area contributed by atoms with Crippen LogP contribution in [0.15, 0.2) is 35.1 Å². The summed E-state index contributed by atoms with van der Waals surface area (Å²) in [5.41, 5.74) is 1.50. The number of hydrogen-bond acceptors (Lipinski definition) is 1. The molecule has 0 amide bonds. The van der Waals surface area contributed by atoms with Crippen LogP contribution in [0.25, 0.3) is 5.69 Å². The molecule has 0 spiro atoms. The fourth-order valence-corrected chi connectivity index (χ4v) is 3.07. The number of hydrogen-bond donors (Lipinski definition) is 1. The third-order valence-corrected chi connectivity index (χ3v) is 4.61. The van der Waals surface area contributed by atoms with Crippen LogP contribution >= 0.6 is 11.6 Å². The second-order valence-electron chi connectivity index (χ2n) is 6.92. The predicted octanol–water partition coefficient (Wildman–Crippen LogP) is 7.05. The fraction of sp³-hybridized carbons (Fsp3) is 0.591. The van der Waals surface area contributed by atoms with Crippen LogP contribution in [0.5, 0.6) is 0 Å². The second kappa shape index (κ2) is 13.7. The van der Waals surface area contributed by atoms with Gasteiger partial charge in [-0.05, 0) is 25.1 Å². The maximum atomic E-state index is 11.4. The molecule has 1 heterocycles. The Labute approximate surface area is 163 Å². The van der Waals surface area contributed by atoms with Crippen molar-refractivity contribution in [1.29, 1.82) is 0 Å². The highest BCUT2D eigenvalue weighted by Crippen LogP contribution is 2.12. The topological polar surface area (TPSA) is 37.8 Å². The van der Waals surface area contributed by atoms with E-state index in [2.05, 4.69) is 18.9 Å². The maximum absolute atomic E-state index is 11.4. The molecular weight excluding hydrogens is 344 g/mol. The van der Waals surface area contributed by atoms with Crippen molar-refractivity contribution in [2.24, 2.45) is 0 Å². The van der Waals surface area contributed by atoms with Gasteiger partial charge in [-0.2, -0.15) is 0 Å². The number of halogens is 1. The average Bonchev–Trinajstić information content (AvgIpc) is 2.96. The molecule has 0 radical (unpaired) electrons. The lowest BCUT2D eigenvalue weighted by Gasteiger charge is -2.01. The monoisotopic (exact) mass is 378 g/mol. The number of benzene rings is 1. The molecule has 1 aromatic carbocycles. The van der Waals surface area contributed by atoms with Crippen molar-refractivity contribution >= 4 is 11.6 Å². The zero-order valence-corrected chi connectivity index (χ0v) is 17.4. The SMILES string of the molecule is CCCCCCCCCCCC.Cc1cc(=O)n(-c2cccc(Cl)c2)[nH]1. The number of rotatable bonds is 10. The number of nitrogens with one attached hydrogen (secondary N) is 1. The summed E-state index contributed by atoms with van der Waals surface area (Å²) in [6.45, 7) is 6.39. The highest BCUT2D eigenvalue weighted by Gasteiger charge is 2.02. The van der Waals surface area contributed by atoms with Gasteiger partial charge in [0.25, 0.3) is 5.56 Å². The maximum Gasteiger partial charge on any atom is 0.271 e. The Morgan fingerprint density at radius 1 is 0.885 bits per heavy atom. The van der Waals surface area contributed by atoms with E-state index in [0.29, 0.717) is 5.02 Å². The van der Waals surface area contributed by atoms with E-state index in [0.717, 1.165) is 11.4 Å². The van der Waals surface area contributed by atoms with E-state index in [1.165, 1.54) is 68.9 Å². The zero-order chi connectivity index (χ0) is 19.2. The molecule has 0 bridgehead atoms. The van der Waals surface area contributed by atoms with E-state index >= 15 is 0 Å². The molecule has 4 heteroatoms. The van der Waals surface area contributed by atoms with Gasteiger partial charge in [0.05, 0.1) is 5.69 Å². The molecule has 146 valence electrons. The molecule has 0 aliphatic carbocycles. The molecule has 0 aliphatic rings. The van der Waals surface area contributed by atoms with Crippen LogP contribution in [-0.4, -0.2) is 9.78 Å². The summed E-state index contributed by atoms with van der Waals surface area (Å²) >= 11 is 5.82. The third-order valence-electron chi connectivity index (χ3n) is 4.37. The second-order valence-corrected chi connectivity index (χ2v) is 7.36. The average molecular weight is 379 g/mol. The molecule has 26 heavy (non-hydrogen) atoms. The smallest absolute Gasteiger partial charge is 0.271 e. The van der Waals surface area contributed by atoms with Crippen molar-refractivity contribution in [3.63, 3.8) is 0 Å². The molecule has 0 aliphatic heterocycles. The summed E-state index contributed by atoms with van der Waals surface area (Å²) in [7, 11) is 0. The molecule has 0 atom stereocenters. The standard InChI is InChI=1S/C12H26.C10H9ClN2O/c1-3-5-7-9-11-12-10-8-6-4-2;1-7-5-10(14)13(12-7)9-4-2-3-8(11)6-9/h3-12H2,1-2H3;2-6,12H,1H3. The molecular formula is C22H35ClN2O. The van der Waals surface area contributed by atoms with Crippen LogP contribution in [0.2, 0.25) is 5.02 Å². The van der Waals surface area contributed by atoms with Crippen LogP contribution in [0.3, 0.4) is 0 Å². The van der Waals surface area contributed by atoms with Gasteiger partial charge in [-0.15, -0.1) is 0 Å². The molecule has 2 aromatic rings. The lowest BCUT2D eigenvalue weighted by Crippen LogP contribution is -2.13. The Kier molecular flexibility index (Phi) is 11.9. The van der Waals surface area contributed by atoms with E-state index in [4.69, 9.17) is 11.6 Å². The quantitative estimate of drug-likeness (QED) is 0.441. The normalized spacial score (nSPS) is 10.5. The molecule has 0 saturated carbocycles. The Balaban J connectivity index is 0.000000265. The summed E-state index contributed by atoms with van der Waals surface area (Å²) in [6, 6.07) is 8.68. The summed E-state index contributed by atoms with van der Waals surface area (Å²) in [6.07, 6.45) is 14.4. The minimum Gasteiger partial charge on any atom is -0.295 e. The van der Waals surface area contributed by atoms with Gasteiger partial charge >= 0.3 is 0 Å². The lowest BCUT2D eigenvalue weighted by atomic mass is 10.1. The summed E-state index contributed by atoms with van der Waals surface area (Å²) in [5.74, 6) is 0. The Morgan fingerprint density at radius 3 is 1.85 bits per heavy atom. The highest BCUT2D eigenvalue weighted by atomic mass is 35.5. The van der Waals surface area contributed by atoms with Gasteiger partial charge in [0.2, 0.25) is 0 Å². The van der Waals surface area contributed by atoms with Gasteiger partial charge in [-0.3, -0.25) is 9.89 Å². The number of H-pyrrole nitrogens is 1. The summed E-state index contributed by atoms with van der Waals surface area (Å²) in [4.78, 5) is 11.4. The third kappa shape index (κ3) is 9.28. The van der Waals surface area contributed by atoms with Crippen molar-refractivity contribution < 1.29 is 0 Å². The van der Waals surface area contributed by atoms with Gasteiger partial charge < -0.3 is 0 Å². The van der Waals surface area contributed by atoms with Gasteiger partial charge in [0.15, 0.2) is 0 Å². The minimum atomic E-state index is -0.0789. The van der Waals surface area contributed by atoms with Gasteiger partial charge in [0.1, 0.15) is 0 Å². The highest BCUT2D eigenvalue weighted by molar-refractivity contribution is 6.30. The Morgan fingerprint density at radius 2 is 1.42 bits per heavy atom. The van der Waals surface area contributed by atoms with Crippen LogP contribution in [-0.2, 0) is 0 Å². The fourth-order valence-electron chi connectivity index (χ4n) is 2.88. The van der Waals surface area contributed by atoms with Crippen molar-refractivity contribution in [3.05, 3.63) is 51.4 Å². The number of aryl methyl sites for hydroxylation is 1. The summed E-state index contributed by atoms with van der Waals surface area (Å²) in [5, 5.41) is 3.55. The van der Waals surface area contributed by atoms with Crippen molar-refractivity contribution in [2.75, 3.05) is 0 Å². The van der Waals surface area contributed by atoms with E-state index in [1.807, 2.05) is 13.0 Å². The number of nitrogens with zero attached hydrogens (tertiary/aromatic N) is 1.